The molecule has 29 nitrogen and oxygen atoms in total. The second-order valence-electron chi connectivity index (χ2n) is 19.1. The number of carboxylic acid groups (broad SMARTS) is 2. The Morgan fingerprint density at radius 1 is 0.608 bits per heavy atom. The Labute approximate surface area is 453 Å². The van der Waals surface area contributed by atoms with Crippen LogP contribution in [0.25, 0.3) is 0 Å². The molecule has 1 aliphatic heterocycles. The van der Waals surface area contributed by atoms with Gasteiger partial charge in [0.25, 0.3) is 0 Å². The molecule has 1 heterocycles. The summed E-state index contributed by atoms with van der Waals surface area (Å²) in [6.45, 7) is 3.23. The zero-order valence-electron chi connectivity index (χ0n) is 43.7. The van der Waals surface area contributed by atoms with Crippen LogP contribution < -0.4 is 54.4 Å². The second kappa shape index (κ2) is 31.1. The molecule has 3 rings (SSSR count). The summed E-state index contributed by atoms with van der Waals surface area (Å²) in [5.41, 5.74) is 17.0. The van der Waals surface area contributed by atoms with Crippen LogP contribution in [0.1, 0.15) is 83.3 Å². The molecule has 10 amide bonds. The Morgan fingerprint density at radius 3 is 1.52 bits per heavy atom. The number of aliphatic carboxylic acids is 2. The highest BCUT2D eigenvalue weighted by atomic mass is 16.4. The molecule has 79 heavy (non-hydrogen) atoms. The molecule has 11 atom stereocenters. The summed E-state index contributed by atoms with van der Waals surface area (Å²) in [6, 6.07) is -3.96. The molecule has 19 N–H and O–H groups in total. The molecule has 1 aliphatic rings. The van der Waals surface area contributed by atoms with Crippen LogP contribution in [0, 0.1) is 5.92 Å². The van der Waals surface area contributed by atoms with Gasteiger partial charge in [-0.1, -0.05) is 44.5 Å². The van der Waals surface area contributed by atoms with E-state index in [1.807, 2.05) is 0 Å². The van der Waals surface area contributed by atoms with Gasteiger partial charge in [-0.2, -0.15) is 0 Å². The number of aliphatic hydroxyl groups excluding tert-OH is 2. The van der Waals surface area contributed by atoms with Crippen molar-refractivity contribution in [2.45, 2.75) is 145 Å². The Morgan fingerprint density at radius 2 is 1.06 bits per heavy atom. The van der Waals surface area contributed by atoms with Gasteiger partial charge in [0.1, 0.15) is 53.8 Å². The molecule has 0 bridgehead atoms. The number of hydrogen-bond acceptors (Lipinski definition) is 17. The van der Waals surface area contributed by atoms with Crippen molar-refractivity contribution < 1.29 is 88.2 Å². The van der Waals surface area contributed by atoms with E-state index in [4.69, 9.17) is 17.2 Å². The van der Waals surface area contributed by atoms with Crippen LogP contribution in [0.3, 0.4) is 0 Å². The Balaban J connectivity index is 1.94. The predicted octanol–water partition coefficient (Wildman–Crippen LogP) is -4.90. The largest absolute Gasteiger partial charge is 0.508 e. The third kappa shape index (κ3) is 20.8. The molecule has 0 radical (unpaired) electrons. The number of nitrogens with one attached hydrogen (secondary N) is 7. The van der Waals surface area contributed by atoms with Gasteiger partial charge in [-0.15, -0.1) is 0 Å². The zero-order chi connectivity index (χ0) is 59.3. The molecule has 0 saturated carbocycles. The van der Waals surface area contributed by atoms with E-state index >= 15 is 0 Å². The number of carbonyl (C=O) groups excluding carboxylic acids is 10. The lowest BCUT2D eigenvalue weighted by Crippen LogP contribution is -2.61. The molecule has 1 saturated heterocycles. The van der Waals surface area contributed by atoms with Crippen molar-refractivity contribution in [3.63, 3.8) is 0 Å². The van der Waals surface area contributed by atoms with Crippen LogP contribution >= 0.6 is 0 Å². The monoisotopic (exact) mass is 1110 g/mol. The number of amides is 10. The van der Waals surface area contributed by atoms with E-state index in [9.17, 15) is 88.2 Å². The minimum Gasteiger partial charge on any atom is -0.508 e. The predicted molar refractivity (Wildman–Crippen MR) is 275 cm³/mol. The molecule has 434 valence electrons. The molecule has 0 unspecified atom stereocenters. The number of benzene rings is 2. The number of carboxylic acids is 2. The molecule has 0 aliphatic carbocycles. The van der Waals surface area contributed by atoms with Crippen molar-refractivity contribution in [1.82, 2.24) is 42.1 Å². The van der Waals surface area contributed by atoms with Gasteiger partial charge in [-0.05, 0) is 73.9 Å². The average Bonchev–Trinajstić information content (AvgIpc) is 3.92. The third-order valence-corrected chi connectivity index (χ3v) is 12.9. The normalized spacial score (nSPS) is 16.8. The summed E-state index contributed by atoms with van der Waals surface area (Å²) in [5, 5.41) is 76.1. The number of aliphatic hydroxyl groups is 2. The van der Waals surface area contributed by atoms with Crippen LogP contribution in [0.4, 0.5) is 0 Å². The lowest BCUT2D eigenvalue weighted by molar-refractivity contribution is -0.146. The SMILES string of the molecule is CC[C@H](C)[C@H](NC(=O)[C@@H]1CCCN1C(=O)[C@H](CO)NC(=O)[C@H](CC(=O)O)NC(=O)[C@H](Cc1ccc(O)cc1)NC(=O)[C@H](Cc1ccc(O)cc1)NC(=O)[C@H](CCC(N)=O)NC(=O)[C@@H](N)CCC(N)=O)C(=O)N[C@H](C(=O)O)[C@@H](C)O. The van der Waals surface area contributed by atoms with Crippen LogP contribution in [-0.2, 0) is 70.4 Å². The first-order valence-corrected chi connectivity index (χ1v) is 25.2. The fourth-order valence-electron chi connectivity index (χ4n) is 8.16. The minimum absolute atomic E-state index is 0.0378. The number of nitrogens with zero attached hydrogens (tertiary/aromatic N) is 1. The van der Waals surface area contributed by atoms with Crippen molar-refractivity contribution in [2.75, 3.05) is 13.2 Å². The number of carbonyl (C=O) groups is 12. The molecular formula is C50H71N11O18. The second-order valence-corrected chi connectivity index (χ2v) is 19.1. The molecule has 2 aromatic carbocycles. The maximum atomic E-state index is 14.4. The first-order valence-electron chi connectivity index (χ1n) is 25.2. The highest BCUT2D eigenvalue weighted by Crippen LogP contribution is 2.21. The zero-order valence-corrected chi connectivity index (χ0v) is 43.7. The summed E-state index contributed by atoms with van der Waals surface area (Å²) in [6.07, 6.45) is -4.19. The van der Waals surface area contributed by atoms with Crippen LogP contribution in [0.2, 0.25) is 0 Å². The van der Waals surface area contributed by atoms with Gasteiger partial charge in [0.15, 0.2) is 6.04 Å². The fraction of sp³-hybridized carbons (Fsp3) is 0.520. The van der Waals surface area contributed by atoms with E-state index < -0.39 is 170 Å². The van der Waals surface area contributed by atoms with E-state index in [1.165, 1.54) is 48.5 Å². The molecule has 29 heteroatoms. The van der Waals surface area contributed by atoms with Gasteiger partial charge in [0.05, 0.1) is 25.2 Å². The summed E-state index contributed by atoms with van der Waals surface area (Å²) >= 11 is 0. The van der Waals surface area contributed by atoms with E-state index in [0.717, 1.165) is 11.8 Å². The van der Waals surface area contributed by atoms with Crippen molar-refractivity contribution in [2.24, 2.45) is 23.1 Å². The number of phenols is 2. The Kier molecular flexibility index (Phi) is 25.5. The lowest BCUT2D eigenvalue weighted by atomic mass is 9.97. The summed E-state index contributed by atoms with van der Waals surface area (Å²) < 4.78 is 0. The number of nitrogens with two attached hydrogens (primary N) is 3. The highest BCUT2D eigenvalue weighted by Gasteiger charge is 2.41. The van der Waals surface area contributed by atoms with E-state index in [1.54, 1.807) is 13.8 Å². The topological polar surface area (TPSA) is 492 Å². The van der Waals surface area contributed by atoms with Crippen LogP contribution in [0.15, 0.2) is 48.5 Å². The van der Waals surface area contributed by atoms with Gasteiger partial charge in [-0.25, -0.2) is 4.79 Å². The van der Waals surface area contributed by atoms with Crippen molar-refractivity contribution in [3.05, 3.63) is 59.7 Å². The quantitative estimate of drug-likeness (QED) is 0.0326. The van der Waals surface area contributed by atoms with Crippen molar-refractivity contribution in [1.29, 1.82) is 0 Å². The number of likely N-dealkylation sites (tertiary alicyclic amines) is 1. The van der Waals surface area contributed by atoms with Crippen molar-refractivity contribution >= 4 is 71.0 Å². The van der Waals surface area contributed by atoms with Crippen LogP contribution in [-0.4, -0.2) is 180 Å². The highest BCUT2D eigenvalue weighted by molar-refractivity contribution is 5.99. The first kappa shape index (κ1) is 64.8. The van der Waals surface area contributed by atoms with E-state index in [0.29, 0.717) is 12.0 Å². The third-order valence-electron chi connectivity index (χ3n) is 12.9. The van der Waals surface area contributed by atoms with E-state index in [-0.39, 0.29) is 55.7 Å². The number of hydrogen-bond donors (Lipinski definition) is 16. The summed E-state index contributed by atoms with van der Waals surface area (Å²) in [7, 11) is 0. The lowest BCUT2D eigenvalue weighted by Gasteiger charge is -2.31. The Hall–Kier alpha value is -8.44. The maximum Gasteiger partial charge on any atom is 0.328 e. The molecule has 1 fully saturated rings. The van der Waals surface area contributed by atoms with Gasteiger partial charge < -0.3 is 90.0 Å². The number of primary amides is 2. The smallest absolute Gasteiger partial charge is 0.328 e. The first-order chi connectivity index (χ1) is 37.1. The Bertz CT molecular complexity index is 2510. The maximum absolute atomic E-state index is 14.4. The molecule has 2 aromatic rings. The number of phenolic OH excluding ortho intramolecular Hbond substituents is 2. The molecule has 0 spiro atoms. The van der Waals surface area contributed by atoms with Crippen LogP contribution in [0.5, 0.6) is 11.5 Å². The summed E-state index contributed by atoms with van der Waals surface area (Å²) in [5.74, 6) is -14.2. The van der Waals surface area contributed by atoms with Gasteiger partial charge in [0.2, 0.25) is 59.1 Å². The van der Waals surface area contributed by atoms with Crippen molar-refractivity contribution in [3.8, 4) is 11.5 Å². The fourth-order valence-corrected chi connectivity index (χ4v) is 8.16. The number of rotatable bonds is 32. The van der Waals surface area contributed by atoms with Gasteiger partial charge in [-0.3, -0.25) is 52.7 Å². The molecular weight excluding hydrogens is 1040 g/mol. The minimum atomic E-state index is -2.04. The number of aromatic hydroxyl groups is 2. The molecule has 0 aromatic heterocycles. The summed E-state index contributed by atoms with van der Waals surface area (Å²) in [4.78, 5) is 159. The van der Waals surface area contributed by atoms with Gasteiger partial charge >= 0.3 is 11.9 Å². The van der Waals surface area contributed by atoms with E-state index in [2.05, 4.69) is 37.2 Å². The standard InChI is InChI=1S/C50H71N11O18/c1-4-24(2)40(48(76)60-41(25(3)63)50(78)79)59-47(75)36-6-5-19-61(36)49(77)35(23-62)58-46(74)34(22-39(68)69)57-45(73)33(21-27-9-13-29(65)14-10-27)56-44(72)32(20-26-7-11-28(64)12-8-26)55-43(71)31(16-18-38(53)67)54-42(70)30(51)15-17-37(52)66/h7-14,24-25,30-36,40-41,62-65H,4-6,15-23,51H2,1-3H3,(H2,52,66)(H2,53,67)(H,54,70)(H,55,71)(H,56,72)(H,57,73)(H,58,74)(H,59,75)(H,60,76)(H,68,69)(H,78,79)/t24-,25+,30-,31-,32-,33-,34-,35-,36-,40-,41-/m0/s1. The van der Waals surface area contributed by atoms with Gasteiger partial charge in [0, 0.05) is 32.2 Å². The average molecular weight is 1110 g/mol.